The van der Waals surface area contributed by atoms with Crippen molar-refractivity contribution < 1.29 is 19.5 Å². The fourth-order valence-corrected chi connectivity index (χ4v) is 1.83. The van der Waals surface area contributed by atoms with Gasteiger partial charge < -0.3 is 10.4 Å². The Balaban J connectivity index is 2.37. The number of aromatic nitrogens is 4. The van der Waals surface area contributed by atoms with Gasteiger partial charge >= 0.3 is 12.0 Å². The molecule has 0 aliphatic carbocycles. The Morgan fingerprint density at radius 2 is 2.16 bits per heavy atom. The van der Waals surface area contributed by atoms with Crippen molar-refractivity contribution in [2.45, 2.75) is 18.1 Å². The van der Waals surface area contributed by atoms with Crippen molar-refractivity contribution in [1.29, 1.82) is 0 Å². The van der Waals surface area contributed by atoms with Crippen molar-refractivity contribution in [2.75, 3.05) is 12.8 Å². The van der Waals surface area contributed by atoms with Gasteiger partial charge in [-0.2, -0.15) is 0 Å². The van der Waals surface area contributed by atoms with Gasteiger partial charge in [0.05, 0.1) is 0 Å². The van der Waals surface area contributed by atoms with Crippen LogP contribution in [0.15, 0.2) is 5.16 Å². The first-order valence-corrected chi connectivity index (χ1v) is 6.13. The fourth-order valence-electron chi connectivity index (χ4n) is 1.01. The smallest absolute Gasteiger partial charge is 0.325 e. The van der Waals surface area contributed by atoms with Crippen LogP contribution in [-0.4, -0.2) is 56.0 Å². The maximum Gasteiger partial charge on any atom is 0.325 e. The summed E-state index contributed by atoms with van der Waals surface area (Å²) in [5.41, 5.74) is 0. The first kappa shape index (κ1) is 14.9. The Labute approximate surface area is 111 Å². The van der Waals surface area contributed by atoms with Crippen LogP contribution < -0.4 is 10.6 Å². The van der Waals surface area contributed by atoms with Gasteiger partial charge in [0, 0.05) is 19.2 Å². The maximum atomic E-state index is 11.3. The molecule has 3 amide bonds. The normalized spacial score (nSPS) is 9.95. The number of carbonyl (C=O) groups excluding carboxylic acids is 2. The zero-order chi connectivity index (χ0) is 14.3. The second-order valence-electron chi connectivity index (χ2n) is 3.24. The number of thioether (sulfide) groups is 1. The first-order chi connectivity index (χ1) is 9.02. The summed E-state index contributed by atoms with van der Waals surface area (Å²) in [6.45, 7) is -0.347. The highest BCUT2D eigenvalue weighted by Crippen LogP contribution is 2.14. The molecule has 0 aromatic carbocycles. The summed E-state index contributed by atoms with van der Waals surface area (Å²) in [5.74, 6) is -1.18. The summed E-state index contributed by atoms with van der Waals surface area (Å²) in [7, 11) is 1.40. The molecule has 1 heterocycles. The van der Waals surface area contributed by atoms with E-state index in [1.807, 2.05) is 0 Å². The molecule has 0 spiro atoms. The summed E-state index contributed by atoms with van der Waals surface area (Å²) in [4.78, 5) is 32.6. The van der Waals surface area contributed by atoms with Gasteiger partial charge in [0.25, 0.3) is 0 Å². The third-order valence-corrected chi connectivity index (χ3v) is 2.78. The Bertz CT molecular complexity index is 476. The van der Waals surface area contributed by atoms with E-state index >= 15 is 0 Å². The summed E-state index contributed by atoms with van der Waals surface area (Å²) >= 11 is 1.13. The molecule has 0 bridgehead atoms. The van der Waals surface area contributed by atoms with Gasteiger partial charge in [-0.3, -0.25) is 14.9 Å². The lowest BCUT2D eigenvalue weighted by atomic mass is 10.4. The minimum absolute atomic E-state index is 0.0814. The van der Waals surface area contributed by atoms with Crippen LogP contribution in [0.3, 0.4) is 0 Å². The molecule has 1 aromatic heterocycles. The van der Waals surface area contributed by atoms with Gasteiger partial charge in [-0.05, 0) is 10.4 Å². The third kappa shape index (κ3) is 5.33. The number of nitrogens with one attached hydrogen (secondary N) is 2. The standard InChI is InChI=1S/C8H12N6O4S/c1-9-7(18)10-5(15)2-3-19-8-11-12-13-14(8)4-6(16)17/h2-4H2,1H3,(H,16,17)(H2,9,10,15,18). The molecule has 0 radical (unpaired) electrons. The van der Waals surface area contributed by atoms with Gasteiger partial charge in [0.15, 0.2) is 0 Å². The number of tetrazole rings is 1. The summed E-state index contributed by atoms with van der Waals surface area (Å²) in [6, 6.07) is -0.578. The molecule has 19 heavy (non-hydrogen) atoms. The SMILES string of the molecule is CNC(=O)NC(=O)CCSc1nnnn1CC(=O)O. The van der Waals surface area contributed by atoms with E-state index in [2.05, 4.69) is 26.2 Å². The minimum Gasteiger partial charge on any atom is -0.480 e. The number of amides is 3. The molecular formula is C8H12N6O4S. The molecule has 0 fully saturated rings. The first-order valence-electron chi connectivity index (χ1n) is 5.15. The van der Waals surface area contributed by atoms with Gasteiger partial charge in [-0.15, -0.1) is 5.10 Å². The number of carbonyl (C=O) groups is 3. The highest BCUT2D eigenvalue weighted by atomic mass is 32.2. The van der Waals surface area contributed by atoms with E-state index in [-0.39, 0.29) is 13.0 Å². The Morgan fingerprint density at radius 3 is 2.79 bits per heavy atom. The van der Waals surface area contributed by atoms with Crippen LogP contribution in [0.25, 0.3) is 0 Å². The van der Waals surface area contributed by atoms with Crippen LogP contribution in [0.1, 0.15) is 6.42 Å². The molecule has 11 heteroatoms. The number of urea groups is 1. The highest BCUT2D eigenvalue weighted by Gasteiger charge is 2.11. The molecule has 10 nitrogen and oxygen atoms in total. The van der Waals surface area contributed by atoms with Gasteiger partial charge in [0.2, 0.25) is 11.1 Å². The van der Waals surface area contributed by atoms with E-state index < -0.39 is 17.9 Å². The molecule has 3 N–H and O–H groups in total. The average molecular weight is 288 g/mol. The predicted molar refractivity (Wildman–Crippen MR) is 63.4 cm³/mol. The largest absolute Gasteiger partial charge is 0.480 e. The second-order valence-corrected chi connectivity index (χ2v) is 4.30. The van der Waals surface area contributed by atoms with Crippen molar-refractivity contribution in [1.82, 2.24) is 30.8 Å². The monoisotopic (exact) mass is 288 g/mol. The zero-order valence-electron chi connectivity index (χ0n) is 9.99. The lowest BCUT2D eigenvalue weighted by Crippen LogP contribution is -2.37. The number of imide groups is 1. The summed E-state index contributed by atoms with van der Waals surface area (Å²) < 4.78 is 1.11. The maximum absolute atomic E-state index is 11.3. The molecule has 0 atom stereocenters. The number of carboxylic acid groups (broad SMARTS) is 1. The average Bonchev–Trinajstić information content (AvgIpc) is 2.75. The minimum atomic E-state index is -1.06. The second kappa shape index (κ2) is 7.31. The number of hydrogen-bond donors (Lipinski definition) is 3. The Kier molecular flexibility index (Phi) is 5.73. The molecule has 0 aliphatic rings. The molecule has 0 saturated carbocycles. The summed E-state index contributed by atoms with van der Waals surface area (Å²) in [5, 5.41) is 23.8. The number of aliphatic carboxylic acids is 1. The molecule has 1 rings (SSSR count). The number of hydrogen-bond acceptors (Lipinski definition) is 7. The molecule has 1 aromatic rings. The number of nitrogens with zero attached hydrogens (tertiary/aromatic N) is 4. The van der Waals surface area contributed by atoms with Crippen molar-refractivity contribution in [2.24, 2.45) is 0 Å². The van der Waals surface area contributed by atoms with E-state index in [4.69, 9.17) is 5.11 Å². The Hall–Kier alpha value is -2.17. The van der Waals surface area contributed by atoms with Crippen LogP contribution in [-0.2, 0) is 16.1 Å². The summed E-state index contributed by atoms with van der Waals surface area (Å²) in [6.07, 6.45) is 0.0814. The van der Waals surface area contributed by atoms with Gasteiger partial charge in [-0.1, -0.05) is 11.8 Å². The van der Waals surface area contributed by atoms with Crippen LogP contribution >= 0.6 is 11.8 Å². The van der Waals surface area contributed by atoms with Crippen LogP contribution in [0.4, 0.5) is 4.79 Å². The van der Waals surface area contributed by atoms with E-state index in [0.29, 0.717) is 10.9 Å². The zero-order valence-corrected chi connectivity index (χ0v) is 10.8. The van der Waals surface area contributed by atoms with E-state index in [9.17, 15) is 14.4 Å². The number of carboxylic acids is 1. The van der Waals surface area contributed by atoms with E-state index in [0.717, 1.165) is 16.4 Å². The third-order valence-electron chi connectivity index (χ3n) is 1.82. The highest BCUT2D eigenvalue weighted by molar-refractivity contribution is 7.99. The topological polar surface area (TPSA) is 139 Å². The van der Waals surface area contributed by atoms with Gasteiger partial charge in [-0.25, -0.2) is 9.48 Å². The van der Waals surface area contributed by atoms with Crippen LogP contribution in [0, 0.1) is 0 Å². The van der Waals surface area contributed by atoms with Crippen molar-refractivity contribution in [3.8, 4) is 0 Å². The molecule has 0 saturated heterocycles. The molecule has 0 aliphatic heterocycles. The lowest BCUT2D eigenvalue weighted by Gasteiger charge is -2.03. The van der Waals surface area contributed by atoms with E-state index in [1.54, 1.807) is 0 Å². The van der Waals surface area contributed by atoms with Gasteiger partial charge in [0.1, 0.15) is 6.54 Å². The number of rotatable bonds is 6. The molecule has 0 unspecified atom stereocenters. The fraction of sp³-hybridized carbons (Fsp3) is 0.500. The Morgan fingerprint density at radius 1 is 1.42 bits per heavy atom. The molecular weight excluding hydrogens is 276 g/mol. The lowest BCUT2D eigenvalue weighted by molar-refractivity contribution is -0.138. The van der Waals surface area contributed by atoms with Crippen LogP contribution in [0.5, 0.6) is 0 Å². The molecule has 104 valence electrons. The van der Waals surface area contributed by atoms with Crippen molar-refractivity contribution in [3.05, 3.63) is 0 Å². The quantitative estimate of drug-likeness (QED) is 0.548. The van der Waals surface area contributed by atoms with E-state index in [1.165, 1.54) is 7.05 Å². The van der Waals surface area contributed by atoms with Crippen molar-refractivity contribution in [3.63, 3.8) is 0 Å². The van der Waals surface area contributed by atoms with Crippen molar-refractivity contribution >= 4 is 29.7 Å². The van der Waals surface area contributed by atoms with Crippen LogP contribution in [0.2, 0.25) is 0 Å². The predicted octanol–water partition coefficient (Wildman–Crippen LogP) is -1.30.